The molecule has 0 bridgehead atoms. The van der Waals surface area contributed by atoms with Gasteiger partial charge in [0, 0.05) is 18.5 Å². The molecule has 96 valence electrons. The Hall–Kier alpha value is 0.160. The molecule has 0 saturated carbocycles. The van der Waals surface area contributed by atoms with Crippen molar-refractivity contribution in [2.75, 3.05) is 18.2 Å². The maximum Gasteiger partial charge on any atom is 0.214 e. The van der Waals surface area contributed by atoms with Gasteiger partial charge in [-0.25, -0.2) is 13.1 Å². The molecule has 0 spiro atoms. The minimum absolute atomic E-state index is 0.0508. The fourth-order valence-electron chi connectivity index (χ4n) is 1.82. The highest BCUT2D eigenvalue weighted by molar-refractivity contribution is 7.89. The highest BCUT2D eigenvalue weighted by Crippen LogP contribution is 2.13. The van der Waals surface area contributed by atoms with E-state index in [0.29, 0.717) is 12.5 Å². The van der Waals surface area contributed by atoms with E-state index in [0.717, 1.165) is 25.7 Å². The van der Waals surface area contributed by atoms with Crippen LogP contribution in [0.25, 0.3) is 0 Å². The smallest absolute Gasteiger partial charge is 0.214 e. The first-order valence-corrected chi connectivity index (χ1v) is 7.90. The molecule has 0 radical (unpaired) electrons. The molecule has 0 aromatic carbocycles. The van der Waals surface area contributed by atoms with Crippen LogP contribution in [0.15, 0.2) is 0 Å². The van der Waals surface area contributed by atoms with Crippen molar-refractivity contribution in [1.82, 2.24) is 4.72 Å². The SMILES string of the molecule is CC(CCCCl)NS(=O)(=O)CC1CCCO1. The van der Waals surface area contributed by atoms with Crippen molar-refractivity contribution in [1.29, 1.82) is 0 Å². The molecule has 1 aliphatic rings. The summed E-state index contributed by atoms with van der Waals surface area (Å²) in [6.45, 7) is 2.54. The molecule has 1 heterocycles. The molecule has 1 rings (SSSR count). The summed E-state index contributed by atoms with van der Waals surface area (Å²) < 4.78 is 31.4. The predicted octanol–water partition coefficient (Wildman–Crippen LogP) is 1.49. The van der Waals surface area contributed by atoms with Gasteiger partial charge in [0.15, 0.2) is 0 Å². The number of alkyl halides is 1. The van der Waals surface area contributed by atoms with Crippen LogP contribution in [0.5, 0.6) is 0 Å². The summed E-state index contributed by atoms with van der Waals surface area (Å²) in [5.74, 6) is 0.649. The van der Waals surface area contributed by atoms with E-state index >= 15 is 0 Å². The summed E-state index contributed by atoms with van der Waals surface area (Å²) in [6, 6.07) is -0.0508. The van der Waals surface area contributed by atoms with Crippen molar-refractivity contribution in [2.24, 2.45) is 0 Å². The van der Waals surface area contributed by atoms with E-state index < -0.39 is 10.0 Å². The quantitative estimate of drug-likeness (QED) is 0.713. The molecule has 4 nitrogen and oxygen atoms in total. The lowest BCUT2D eigenvalue weighted by molar-refractivity contribution is 0.127. The van der Waals surface area contributed by atoms with Gasteiger partial charge >= 0.3 is 0 Å². The first-order chi connectivity index (χ1) is 7.53. The molecule has 0 aromatic rings. The van der Waals surface area contributed by atoms with E-state index in [2.05, 4.69) is 4.72 Å². The lowest BCUT2D eigenvalue weighted by Crippen LogP contribution is -2.37. The summed E-state index contributed by atoms with van der Waals surface area (Å²) in [7, 11) is -3.21. The zero-order valence-electron chi connectivity index (χ0n) is 9.62. The third kappa shape index (κ3) is 5.48. The fraction of sp³-hybridized carbons (Fsp3) is 1.00. The van der Waals surface area contributed by atoms with E-state index in [1.807, 2.05) is 6.92 Å². The molecule has 0 aromatic heterocycles. The van der Waals surface area contributed by atoms with Gasteiger partial charge in [-0.2, -0.15) is 0 Å². The first kappa shape index (κ1) is 14.2. The Bertz CT molecular complexity index is 288. The maximum absolute atomic E-state index is 11.7. The van der Waals surface area contributed by atoms with Crippen LogP contribution < -0.4 is 4.72 Å². The van der Waals surface area contributed by atoms with Crippen LogP contribution in [-0.2, 0) is 14.8 Å². The second-order valence-electron chi connectivity index (χ2n) is 4.27. The average Bonchev–Trinajstić information content (AvgIpc) is 2.65. The third-order valence-electron chi connectivity index (χ3n) is 2.58. The zero-order valence-corrected chi connectivity index (χ0v) is 11.2. The van der Waals surface area contributed by atoms with Crippen LogP contribution in [0.3, 0.4) is 0 Å². The molecule has 1 saturated heterocycles. The molecule has 1 fully saturated rings. The molecule has 0 aliphatic carbocycles. The maximum atomic E-state index is 11.7. The van der Waals surface area contributed by atoms with Crippen molar-refractivity contribution in [3.63, 3.8) is 0 Å². The number of rotatable bonds is 7. The molecule has 1 aliphatic heterocycles. The highest BCUT2D eigenvalue weighted by Gasteiger charge is 2.24. The Morgan fingerprint density at radius 2 is 2.31 bits per heavy atom. The first-order valence-electron chi connectivity index (χ1n) is 5.71. The molecule has 0 amide bonds. The highest BCUT2D eigenvalue weighted by atomic mass is 35.5. The molecular formula is C10H20ClNO3S. The van der Waals surface area contributed by atoms with Crippen molar-refractivity contribution >= 4 is 21.6 Å². The van der Waals surface area contributed by atoms with Crippen molar-refractivity contribution in [3.8, 4) is 0 Å². The van der Waals surface area contributed by atoms with Crippen LogP contribution in [0.1, 0.15) is 32.6 Å². The van der Waals surface area contributed by atoms with Crippen LogP contribution >= 0.6 is 11.6 Å². The van der Waals surface area contributed by atoms with E-state index in [9.17, 15) is 8.42 Å². The number of hydrogen-bond donors (Lipinski definition) is 1. The van der Waals surface area contributed by atoms with Gasteiger partial charge in [-0.3, -0.25) is 0 Å². The summed E-state index contributed by atoms with van der Waals surface area (Å²) in [5, 5.41) is 0. The van der Waals surface area contributed by atoms with Crippen molar-refractivity contribution < 1.29 is 13.2 Å². The Kier molecular flexibility index (Phi) is 6.03. The summed E-state index contributed by atoms with van der Waals surface area (Å²) in [4.78, 5) is 0. The minimum Gasteiger partial charge on any atom is -0.377 e. The molecule has 2 atom stereocenters. The van der Waals surface area contributed by atoms with Gasteiger partial charge in [0.1, 0.15) is 0 Å². The molecule has 1 N–H and O–H groups in total. The minimum atomic E-state index is -3.21. The topological polar surface area (TPSA) is 55.4 Å². The third-order valence-corrected chi connectivity index (χ3v) is 4.42. The van der Waals surface area contributed by atoms with Crippen LogP contribution in [0.4, 0.5) is 0 Å². The van der Waals surface area contributed by atoms with Gasteiger partial charge in [0.05, 0.1) is 11.9 Å². The Labute approximate surface area is 103 Å². The second kappa shape index (κ2) is 6.79. The van der Waals surface area contributed by atoms with Crippen LogP contribution in [0, 0.1) is 0 Å². The van der Waals surface area contributed by atoms with Gasteiger partial charge in [-0.15, -0.1) is 11.6 Å². The molecule has 16 heavy (non-hydrogen) atoms. The van der Waals surface area contributed by atoms with Gasteiger partial charge in [-0.05, 0) is 32.6 Å². The summed E-state index contributed by atoms with van der Waals surface area (Å²) in [5.41, 5.74) is 0. The second-order valence-corrected chi connectivity index (χ2v) is 6.44. The van der Waals surface area contributed by atoms with Gasteiger partial charge in [-0.1, -0.05) is 0 Å². The Balaban J connectivity index is 2.32. The molecular weight excluding hydrogens is 250 g/mol. The van der Waals surface area contributed by atoms with Gasteiger partial charge in [0.25, 0.3) is 0 Å². The number of hydrogen-bond acceptors (Lipinski definition) is 3. The number of nitrogens with one attached hydrogen (secondary N) is 1. The molecule has 2 unspecified atom stereocenters. The lowest BCUT2D eigenvalue weighted by atomic mass is 10.2. The van der Waals surface area contributed by atoms with E-state index in [4.69, 9.17) is 16.3 Å². The Morgan fingerprint density at radius 1 is 1.56 bits per heavy atom. The number of halogens is 1. The van der Waals surface area contributed by atoms with Crippen molar-refractivity contribution in [2.45, 2.75) is 44.8 Å². The number of sulfonamides is 1. The fourth-order valence-corrected chi connectivity index (χ4v) is 3.55. The van der Waals surface area contributed by atoms with E-state index in [-0.39, 0.29) is 17.9 Å². The average molecular weight is 270 g/mol. The largest absolute Gasteiger partial charge is 0.377 e. The van der Waals surface area contributed by atoms with Crippen LogP contribution in [-0.4, -0.2) is 38.8 Å². The zero-order chi connectivity index (χ0) is 12.0. The Morgan fingerprint density at radius 3 is 2.88 bits per heavy atom. The van der Waals surface area contributed by atoms with Crippen molar-refractivity contribution in [3.05, 3.63) is 0 Å². The standard InChI is InChI=1S/C10H20ClNO3S/c1-9(4-2-6-11)12-16(13,14)8-10-5-3-7-15-10/h9-10,12H,2-8H2,1H3. The van der Waals surface area contributed by atoms with E-state index in [1.165, 1.54) is 0 Å². The summed E-state index contributed by atoms with van der Waals surface area (Å²) in [6.07, 6.45) is 3.27. The van der Waals surface area contributed by atoms with Gasteiger partial charge < -0.3 is 4.74 Å². The van der Waals surface area contributed by atoms with Crippen LogP contribution in [0.2, 0.25) is 0 Å². The lowest BCUT2D eigenvalue weighted by Gasteiger charge is -2.15. The molecule has 6 heteroatoms. The number of ether oxygens (including phenoxy) is 1. The van der Waals surface area contributed by atoms with Gasteiger partial charge in [0.2, 0.25) is 10.0 Å². The monoisotopic (exact) mass is 269 g/mol. The normalized spacial score (nSPS) is 23.5. The summed E-state index contributed by atoms with van der Waals surface area (Å²) >= 11 is 5.56. The van der Waals surface area contributed by atoms with E-state index in [1.54, 1.807) is 0 Å². The predicted molar refractivity (Wildman–Crippen MR) is 65.3 cm³/mol.